The van der Waals surface area contributed by atoms with Crippen molar-refractivity contribution in [2.45, 2.75) is 13.8 Å². The van der Waals surface area contributed by atoms with E-state index in [2.05, 4.69) is 25.9 Å². The molecule has 0 amide bonds. The van der Waals surface area contributed by atoms with Gasteiger partial charge in [-0.15, -0.1) is 0 Å². The lowest BCUT2D eigenvalue weighted by Gasteiger charge is -2.08. The molecule has 0 radical (unpaired) electrons. The fourth-order valence-electron chi connectivity index (χ4n) is 1.57. The molecule has 0 bridgehead atoms. The van der Waals surface area contributed by atoms with Crippen molar-refractivity contribution in [1.29, 1.82) is 0 Å². The fourth-order valence-corrected chi connectivity index (χ4v) is 1.97. The number of benzene rings is 1. The topological polar surface area (TPSA) is 51.8 Å². The van der Waals surface area contributed by atoms with Crippen molar-refractivity contribution in [3.05, 3.63) is 40.1 Å². The summed E-state index contributed by atoms with van der Waals surface area (Å²) in [6.07, 6.45) is 0. The van der Waals surface area contributed by atoms with E-state index in [1.54, 1.807) is 0 Å². The summed E-state index contributed by atoms with van der Waals surface area (Å²) in [7, 11) is 0. The van der Waals surface area contributed by atoms with E-state index in [4.69, 9.17) is 5.73 Å². The Balaban J connectivity index is 2.64. The van der Waals surface area contributed by atoms with Crippen LogP contribution in [0.2, 0.25) is 0 Å². The number of anilines is 1. The standard InChI is InChI=1S/C12H12BrN3/c1-7-11(15-8(2)16-12(7)14)9-4-3-5-10(13)6-9/h3-6H,1-2H3,(H2,14,15,16). The molecule has 0 unspecified atom stereocenters. The third-order valence-corrected chi connectivity index (χ3v) is 2.89. The lowest BCUT2D eigenvalue weighted by Crippen LogP contribution is -2.01. The van der Waals surface area contributed by atoms with Gasteiger partial charge in [-0.25, -0.2) is 9.97 Å². The molecule has 2 aromatic rings. The molecule has 0 saturated heterocycles. The van der Waals surface area contributed by atoms with E-state index in [0.717, 1.165) is 21.3 Å². The van der Waals surface area contributed by atoms with Crippen LogP contribution in [0.3, 0.4) is 0 Å². The molecule has 0 atom stereocenters. The van der Waals surface area contributed by atoms with Crippen LogP contribution in [0.25, 0.3) is 11.3 Å². The van der Waals surface area contributed by atoms with Gasteiger partial charge in [-0.1, -0.05) is 28.1 Å². The fraction of sp³-hybridized carbons (Fsp3) is 0.167. The lowest BCUT2D eigenvalue weighted by molar-refractivity contribution is 1.05. The summed E-state index contributed by atoms with van der Waals surface area (Å²) >= 11 is 3.45. The van der Waals surface area contributed by atoms with Gasteiger partial charge in [0, 0.05) is 15.6 Å². The average molecular weight is 278 g/mol. The molecule has 0 saturated carbocycles. The summed E-state index contributed by atoms with van der Waals surface area (Å²) in [5.41, 5.74) is 8.69. The van der Waals surface area contributed by atoms with Gasteiger partial charge < -0.3 is 5.73 Å². The monoisotopic (exact) mass is 277 g/mol. The Labute approximate surface area is 103 Å². The second-order valence-electron chi connectivity index (χ2n) is 3.64. The van der Waals surface area contributed by atoms with E-state index < -0.39 is 0 Å². The summed E-state index contributed by atoms with van der Waals surface area (Å²) in [4.78, 5) is 8.57. The number of nitrogens with two attached hydrogens (primary N) is 1. The Morgan fingerprint density at radius 3 is 2.62 bits per heavy atom. The maximum atomic E-state index is 5.83. The van der Waals surface area contributed by atoms with Gasteiger partial charge in [0.25, 0.3) is 0 Å². The number of hydrogen-bond acceptors (Lipinski definition) is 3. The molecule has 2 rings (SSSR count). The Hall–Kier alpha value is -1.42. The van der Waals surface area contributed by atoms with Crippen LogP contribution in [-0.4, -0.2) is 9.97 Å². The van der Waals surface area contributed by atoms with Crippen molar-refractivity contribution in [2.75, 3.05) is 5.73 Å². The number of halogens is 1. The minimum absolute atomic E-state index is 0.544. The van der Waals surface area contributed by atoms with Gasteiger partial charge in [0.2, 0.25) is 0 Å². The van der Waals surface area contributed by atoms with E-state index in [0.29, 0.717) is 11.6 Å². The van der Waals surface area contributed by atoms with Gasteiger partial charge in [0.15, 0.2) is 0 Å². The number of aryl methyl sites for hydroxylation is 1. The van der Waals surface area contributed by atoms with Gasteiger partial charge in [-0.2, -0.15) is 0 Å². The van der Waals surface area contributed by atoms with Crippen LogP contribution in [0.5, 0.6) is 0 Å². The normalized spacial score (nSPS) is 10.4. The van der Waals surface area contributed by atoms with Gasteiger partial charge >= 0.3 is 0 Å². The van der Waals surface area contributed by atoms with Crippen molar-refractivity contribution in [3.63, 3.8) is 0 Å². The first-order valence-corrected chi connectivity index (χ1v) is 5.74. The molecule has 0 spiro atoms. The van der Waals surface area contributed by atoms with Crippen molar-refractivity contribution in [3.8, 4) is 11.3 Å². The maximum Gasteiger partial charge on any atom is 0.130 e. The number of aromatic nitrogens is 2. The van der Waals surface area contributed by atoms with Gasteiger partial charge in [-0.3, -0.25) is 0 Å². The predicted molar refractivity (Wildman–Crippen MR) is 69.1 cm³/mol. The zero-order chi connectivity index (χ0) is 11.7. The second-order valence-corrected chi connectivity index (χ2v) is 4.56. The first kappa shape index (κ1) is 11.1. The smallest absolute Gasteiger partial charge is 0.130 e. The Morgan fingerprint density at radius 2 is 1.94 bits per heavy atom. The number of rotatable bonds is 1. The van der Waals surface area contributed by atoms with Crippen LogP contribution in [0.1, 0.15) is 11.4 Å². The number of hydrogen-bond donors (Lipinski definition) is 1. The third kappa shape index (κ3) is 2.07. The predicted octanol–water partition coefficient (Wildman–Crippen LogP) is 3.11. The van der Waals surface area contributed by atoms with Crippen LogP contribution >= 0.6 is 15.9 Å². The summed E-state index contributed by atoms with van der Waals surface area (Å²) in [6.45, 7) is 3.78. The molecular weight excluding hydrogens is 266 g/mol. The molecule has 3 nitrogen and oxygen atoms in total. The van der Waals surface area contributed by atoms with E-state index in [-0.39, 0.29) is 0 Å². The molecule has 0 aliphatic carbocycles. The average Bonchev–Trinajstić information content (AvgIpc) is 2.23. The zero-order valence-corrected chi connectivity index (χ0v) is 10.7. The molecule has 1 aromatic carbocycles. The van der Waals surface area contributed by atoms with Crippen molar-refractivity contribution < 1.29 is 0 Å². The van der Waals surface area contributed by atoms with Gasteiger partial charge in [0.1, 0.15) is 11.6 Å². The second kappa shape index (κ2) is 4.22. The molecule has 1 aromatic heterocycles. The Bertz CT molecular complexity index is 538. The highest BCUT2D eigenvalue weighted by atomic mass is 79.9. The first-order chi connectivity index (χ1) is 7.58. The zero-order valence-electron chi connectivity index (χ0n) is 9.16. The molecular formula is C12H12BrN3. The van der Waals surface area contributed by atoms with Crippen molar-refractivity contribution >= 4 is 21.7 Å². The number of nitrogen functional groups attached to an aromatic ring is 1. The first-order valence-electron chi connectivity index (χ1n) is 4.94. The summed E-state index contributed by atoms with van der Waals surface area (Å²) in [5, 5.41) is 0. The van der Waals surface area contributed by atoms with E-state index in [9.17, 15) is 0 Å². The minimum atomic E-state index is 0.544. The van der Waals surface area contributed by atoms with Crippen LogP contribution in [0, 0.1) is 13.8 Å². The molecule has 0 fully saturated rings. The maximum absolute atomic E-state index is 5.83. The summed E-state index contributed by atoms with van der Waals surface area (Å²) in [6, 6.07) is 8.00. The quantitative estimate of drug-likeness (QED) is 0.872. The summed E-state index contributed by atoms with van der Waals surface area (Å²) in [5.74, 6) is 1.24. The molecule has 1 heterocycles. The Kier molecular flexibility index (Phi) is 2.92. The molecule has 0 aliphatic heterocycles. The largest absolute Gasteiger partial charge is 0.383 e. The molecule has 2 N–H and O–H groups in total. The highest BCUT2D eigenvalue weighted by Gasteiger charge is 2.08. The molecule has 4 heteroatoms. The molecule has 82 valence electrons. The lowest BCUT2D eigenvalue weighted by atomic mass is 10.1. The van der Waals surface area contributed by atoms with Crippen LogP contribution < -0.4 is 5.73 Å². The third-order valence-electron chi connectivity index (χ3n) is 2.39. The minimum Gasteiger partial charge on any atom is -0.383 e. The van der Waals surface area contributed by atoms with Crippen molar-refractivity contribution in [1.82, 2.24) is 9.97 Å². The molecule has 0 aliphatic rings. The number of nitrogens with zero attached hydrogens (tertiary/aromatic N) is 2. The molecule has 16 heavy (non-hydrogen) atoms. The highest BCUT2D eigenvalue weighted by Crippen LogP contribution is 2.26. The van der Waals surface area contributed by atoms with E-state index in [1.165, 1.54) is 0 Å². The van der Waals surface area contributed by atoms with Gasteiger partial charge in [-0.05, 0) is 26.0 Å². The SMILES string of the molecule is Cc1nc(N)c(C)c(-c2cccc(Br)c2)n1. The highest BCUT2D eigenvalue weighted by molar-refractivity contribution is 9.10. The van der Waals surface area contributed by atoms with E-state index in [1.807, 2.05) is 38.1 Å². The van der Waals surface area contributed by atoms with Gasteiger partial charge in [0.05, 0.1) is 5.69 Å². The van der Waals surface area contributed by atoms with Crippen LogP contribution in [0.4, 0.5) is 5.82 Å². The van der Waals surface area contributed by atoms with Crippen molar-refractivity contribution in [2.24, 2.45) is 0 Å². The Morgan fingerprint density at radius 1 is 1.19 bits per heavy atom. The summed E-state index contributed by atoms with van der Waals surface area (Å²) < 4.78 is 1.03. The van der Waals surface area contributed by atoms with E-state index >= 15 is 0 Å². The van der Waals surface area contributed by atoms with Crippen LogP contribution in [-0.2, 0) is 0 Å². The van der Waals surface area contributed by atoms with Crippen LogP contribution in [0.15, 0.2) is 28.7 Å².